The van der Waals surface area contributed by atoms with Crippen molar-refractivity contribution in [3.8, 4) is 5.75 Å². The molecule has 1 aromatic heterocycles. The lowest BCUT2D eigenvalue weighted by molar-refractivity contribution is -0.109. The van der Waals surface area contributed by atoms with Gasteiger partial charge in [-0.15, -0.1) is 0 Å². The SMILES string of the molecule is CC(Oc1ccccc1C(=O)O)N1CCC(c2cn(CC3(C)COC3)c3ccccc23)CC1. The fourth-order valence-electron chi connectivity index (χ4n) is 5.26. The Morgan fingerprint density at radius 3 is 2.55 bits per heavy atom. The van der Waals surface area contributed by atoms with Gasteiger partial charge in [-0.1, -0.05) is 37.3 Å². The number of benzene rings is 2. The van der Waals surface area contributed by atoms with Gasteiger partial charge in [-0.25, -0.2) is 4.79 Å². The van der Waals surface area contributed by atoms with Crippen molar-refractivity contribution < 1.29 is 19.4 Å². The van der Waals surface area contributed by atoms with Crippen molar-refractivity contribution in [3.63, 3.8) is 0 Å². The molecule has 0 bridgehead atoms. The van der Waals surface area contributed by atoms with Crippen molar-refractivity contribution in [1.82, 2.24) is 9.47 Å². The lowest BCUT2D eigenvalue weighted by Crippen LogP contribution is -2.43. The van der Waals surface area contributed by atoms with Gasteiger partial charge in [-0.05, 0) is 49.4 Å². The summed E-state index contributed by atoms with van der Waals surface area (Å²) < 4.78 is 14.0. The van der Waals surface area contributed by atoms with Crippen molar-refractivity contribution in [2.45, 2.75) is 45.4 Å². The summed E-state index contributed by atoms with van der Waals surface area (Å²) in [5.74, 6) is -0.0252. The fraction of sp³-hybridized carbons (Fsp3) is 0.444. The molecule has 2 aliphatic heterocycles. The molecule has 5 rings (SSSR count). The smallest absolute Gasteiger partial charge is 0.339 e. The molecular formula is C27H32N2O4. The number of carboxylic acid groups (broad SMARTS) is 1. The molecule has 2 aliphatic rings. The van der Waals surface area contributed by atoms with Crippen molar-refractivity contribution in [1.29, 1.82) is 0 Å². The summed E-state index contributed by atoms with van der Waals surface area (Å²) in [5.41, 5.74) is 3.18. The quantitative estimate of drug-likeness (QED) is 0.552. The van der Waals surface area contributed by atoms with Crippen LogP contribution in [-0.4, -0.2) is 53.1 Å². The first-order chi connectivity index (χ1) is 15.9. The normalized spacial score (nSPS) is 19.8. The Morgan fingerprint density at radius 2 is 1.85 bits per heavy atom. The number of nitrogens with zero attached hydrogens (tertiary/aromatic N) is 2. The predicted molar refractivity (Wildman–Crippen MR) is 128 cm³/mol. The summed E-state index contributed by atoms with van der Waals surface area (Å²) in [5, 5.41) is 10.8. The third-order valence-electron chi connectivity index (χ3n) is 7.17. The Balaban J connectivity index is 1.28. The van der Waals surface area contributed by atoms with E-state index in [2.05, 4.69) is 46.9 Å². The summed E-state index contributed by atoms with van der Waals surface area (Å²) in [7, 11) is 0. The zero-order valence-corrected chi connectivity index (χ0v) is 19.4. The molecule has 0 spiro atoms. The van der Waals surface area contributed by atoms with Gasteiger partial charge in [0.2, 0.25) is 0 Å². The molecular weight excluding hydrogens is 416 g/mol. The Hall–Kier alpha value is -2.83. The van der Waals surface area contributed by atoms with E-state index in [1.807, 2.05) is 13.0 Å². The van der Waals surface area contributed by atoms with E-state index in [1.165, 1.54) is 16.5 Å². The number of piperidine rings is 1. The summed E-state index contributed by atoms with van der Waals surface area (Å²) in [6.07, 6.45) is 4.31. The second-order valence-corrected chi connectivity index (χ2v) is 9.86. The molecule has 6 nitrogen and oxygen atoms in total. The Bertz CT molecular complexity index is 1140. The van der Waals surface area contributed by atoms with Gasteiger partial charge in [0, 0.05) is 42.1 Å². The van der Waals surface area contributed by atoms with Crippen LogP contribution in [0.25, 0.3) is 10.9 Å². The van der Waals surface area contributed by atoms with Crippen molar-refractivity contribution >= 4 is 16.9 Å². The average Bonchev–Trinajstić information content (AvgIpc) is 3.16. The topological polar surface area (TPSA) is 63.9 Å². The molecule has 1 N–H and O–H groups in total. The van der Waals surface area contributed by atoms with Gasteiger partial charge in [0.15, 0.2) is 0 Å². The lowest BCUT2D eigenvalue weighted by atomic mass is 9.88. The van der Waals surface area contributed by atoms with Crippen LogP contribution in [0.2, 0.25) is 0 Å². The number of aromatic nitrogens is 1. The first-order valence-electron chi connectivity index (χ1n) is 11.8. The summed E-state index contributed by atoms with van der Waals surface area (Å²) >= 11 is 0. The molecule has 1 atom stereocenters. The highest BCUT2D eigenvalue weighted by Gasteiger charge is 2.35. The molecule has 0 radical (unpaired) electrons. The van der Waals surface area contributed by atoms with Crippen LogP contribution in [0.15, 0.2) is 54.7 Å². The zero-order valence-electron chi connectivity index (χ0n) is 19.4. The maximum atomic E-state index is 11.5. The molecule has 1 unspecified atom stereocenters. The van der Waals surface area contributed by atoms with Crippen LogP contribution in [0, 0.1) is 5.41 Å². The third kappa shape index (κ3) is 4.37. The fourth-order valence-corrected chi connectivity index (χ4v) is 5.26. The van der Waals surface area contributed by atoms with Crippen LogP contribution >= 0.6 is 0 Å². The highest BCUT2D eigenvalue weighted by molar-refractivity contribution is 5.90. The number of rotatable bonds is 7. The molecule has 2 fully saturated rings. The number of hydrogen-bond donors (Lipinski definition) is 1. The molecule has 2 aromatic carbocycles. The van der Waals surface area contributed by atoms with Gasteiger partial charge >= 0.3 is 5.97 Å². The Morgan fingerprint density at radius 1 is 1.15 bits per heavy atom. The van der Waals surface area contributed by atoms with Gasteiger partial charge in [0.1, 0.15) is 17.5 Å². The van der Waals surface area contributed by atoms with Crippen LogP contribution < -0.4 is 4.74 Å². The van der Waals surface area contributed by atoms with E-state index in [4.69, 9.17) is 9.47 Å². The molecule has 3 aromatic rings. The number of ether oxygens (including phenoxy) is 2. The van der Waals surface area contributed by atoms with E-state index in [-0.39, 0.29) is 17.2 Å². The molecule has 33 heavy (non-hydrogen) atoms. The van der Waals surface area contributed by atoms with E-state index >= 15 is 0 Å². The van der Waals surface area contributed by atoms with Gasteiger partial charge in [-0.2, -0.15) is 0 Å². The van der Waals surface area contributed by atoms with E-state index in [9.17, 15) is 9.90 Å². The second kappa shape index (κ2) is 8.84. The summed E-state index contributed by atoms with van der Waals surface area (Å²) in [6, 6.07) is 15.6. The minimum absolute atomic E-state index is 0.175. The molecule has 174 valence electrons. The first-order valence-corrected chi connectivity index (χ1v) is 11.8. The monoisotopic (exact) mass is 448 g/mol. The van der Waals surface area contributed by atoms with E-state index in [0.717, 1.165) is 45.7 Å². The van der Waals surface area contributed by atoms with E-state index < -0.39 is 5.97 Å². The van der Waals surface area contributed by atoms with Crippen LogP contribution in [0.1, 0.15) is 48.5 Å². The predicted octanol–water partition coefficient (Wildman–Crippen LogP) is 4.98. The highest BCUT2D eigenvalue weighted by Crippen LogP contribution is 2.37. The molecule has 3 heterocycles. The van der Waals surface area contributed by atoms with E-state index in [0.29, 0.717) is 11.7 Å². The van der Waals surface area contributed by atoms with Crippen molar-refractivity contribution in [2.24, 2.45) is 5.41 Å². The van der Waals surface area contributed by atoms with Gasteiger partial charge in [0.25, 0.3) is 0 Å². The Labute approximate surface area is 194 Å². The second-order valence-electron chi connectivity index (χ2n) is 9.86. The van der Waals surface area contributed by atoms with Crippen LogP contribution in [0.3, 0.4) is 0 Å². The van der Waals surface area contributed by atoms with Crippen molar-refractivity contribution in [3.05, 3.63) is 65.9 Å². The minimum Gasteiger partial charge on any atom is -0.478 e. The summed E-state index contributed by atoms with van der Waals surface area (Å²) in [6.45, 7) is 8.80. The number of likely N-dealkylation sites (tertiary alicyclic amines) is 1. The molecule has 0 amide bonds. The minimum atomic E-state index is -0.963. The highest BCUT2D eigenvalue weighted by atomic mass is 16.5. The van der Waals surface area contributed by atoms with Crippen LogP contribution in [0.4, 0.5) is 0 Å². The molecule has 2 saturated heterocycles. The average molecular weight is 449 g/mol. The number of carbonyl (C=O) groups is 1. The number of carboxylic acids is 1. The number of hydrogen-bond acceptors (Lipinski definition) is 4. The summed E-state index contributed by atoms with van der Waals surface area (Å²) in [4.78, 5) is 13.8. The molecule has 0 aliphatic carbocycles. The van der Waals surface area contributed by atoms with Gasteiger partial charge in [0.05, 0.1) is 13.2 Å². The van der Waals surface area contributed by atoms with Gasteiger partial charge < -0.3 is 19.1 Å². The first kappa shape index (κ1) is 22.0. The number of fused-ring (bicyclic) bond motifs is 1. The third-order valence-corrected chi connectivity index (χ3v) is 7.17. The van der Waals surface area contributed by atoms with E-state index in [1.54, 1.807) is 18.2 Å². The number of para-hydroxylation sites is 2. The lowest BCUT2D eigenvalue weighted by Gasteiger charge is -2.38. The maximum absolute atomic E-state index is 11.5. The van der Waals surface area contributed by atoms with Crippen LogP contribution in [-0.2, 0) is 11.3 Å². The zero-order chi connectivity index (χ0) is 23.0. The van der Waals surface area contributed by atoms with Crippen LogP contribution in [0.5, 0.6) is 5.75 Å². The Kier molecular flexibility index (Phi) is 5.89. The standard InChI is InChI=1S/C27H32N2O4/c1-19(33-25-10-6-4-8-22(25)26(30)31)28-13-11-20(12-14-28)23-15-29(16-27(2)17-32-18-27)24-9-5-3-7-21(23)24/h3-10,15,19-20H,11-14,16-18H2,1-2H3,(H,30,31). The number of aromatic carboxylic acids is 1. The molecule has 0 saturated carbocycles. The maximum Gasteiger partial charge on any atom is 0.339 e. The largest absolute Gasteiger partial charge is 0.478 e. The van der Waals surface area contributed by atoms with Gasteiger partial charge in [-0.3, -0.25) is 4.90 Å². The molecule has 6 heteroatoms. The van der Waals surface area contributed by atoms with Crippen molar-refractivity contribution in [2.75, 3.05) is 26.3 Å².